The minimum Gasteiger partial charge on any atom is -0.348 e. The van der Waals surface area contributed by atoms with E-state index in [4.69, 9.17) is 0 Å². The van der Waals surface area contributed by atoms with Gasteiger partial charge in [-0.3, -0.25) is 14.5 Å². The smallest absolute Gasteiger partial charge is 0.260 e. The van der Waals surface area contributed by atoms with E-state index in [0.29, 0.717) is 12.1 Å². The Hall–Kier alpha value is -2.14. The number of nitrogens with zero attached hydrogens (tertiary/aromatic N) is 2. The van der Waals surface area contributed by atoms with E-state index < -0.39 is 0 Å². The number of amides is 2. The van der Waals surface area contributed by atoms with Gasteiger partial charge in [-0.15, -0.1) is 0 Å². The summed E-state index contributed by atoms with van der Waals surface area (Å²) in [5.41, 5.74) is 4.14. The lowest BCUT2D eigenvalue weighted by atomic mass is 9.97. The first-order valence-corrected chi connectivity index (χ1v) is 9.62. The van der Waals surface area contributed by atoms with Crippen LogP contribution in [0.25, 0.3) is 10.9 Å². The Bertz CT molecular complexity index is 873. The van der Waals surface area contributed by atoms with Crippen LogP contribution in [-0.2, 0) is 11.8 Å². The van der Waals surface area contributed by atoms with Crippen LogP contribution in [0.3, 0.4) is 0 Å². The average Bonchev–Trinajstić information content (AvgIpc) is 3.48. The van der Waals surface area contributed by atoms with Gasteiger partial charge in [0.2, 0.25) is 5.91 Å². The first-order chi connectivity index (χ1) is 12.5. The van der Waals surface area contributed by atoms with E-state index in [0.717, 1.165) is 43.1 Å². The number of imide groups is 1. The zero-order chi connectivity index (χ0) is 18.4. The van der Waals surface area contributed by atoms with Crippen molar-refractivity contribution in [3.05, 3.63) is 35.0 Å². The molecule has 1 saturated heterocycles. The highest BCUT2D eigenvalue weighted by atomic mass is 16.2. The fourth-order valence-corrected chi connectivity index (χ4v) is 4.07. The zero-order valence-electron chi connectivity index (χ0n) is 15.8. The fraction of sp³-hybridized carbons (Fsp3) is 0.524. The van der Waals surface area contributed by atoms with Crippen molar-refractivity contribution < 1.29 is 9.59 Å². The lowest BCUT2D eigenvalue weighted by Gasteiger charge is -2.28. The summed E-state index contributed by atoms with van der Waals surface area (Å²) < 4.78 is 2.15. The van der Waals surface area contributed by atoms with Crippen LogP contribution in [0.1, 0.15) is 47.3 Å². The van der Waals surface area contributed by atoms with E-state index in [1.807, 2.05) is 25.2 Å². The number of rotatable bonds is 3. The van der Waals surface area contributed by atoms with E-state index in [9.17, 15) is 9.59 Å². The topological polar surface area (TPSA) is 54.3 Å². The molecule has 2 fully saturated rings. The summed E-state index contributed by atoms with van der Waals surface area (Å²) in [5, 5.41) is 4.38. The van der Waals surface area contributed by atoms with Gasteiger partial charge in [-0.2, -0.15) is 0 Å². The molecule has 1 saturated carbocycles. The maximum Gasteiger partial charge on any atom is 0.260 e. The van der Waals surface area contributed by atoms with Crippen molar-refractivity contribution in [2.75, 3.05) is 13.1 Å². The number of fused-ring (bicyclic) bond motifs is 1. The number of benzene rings is 1. The van der Waals surface area contributed by atoms with Gasteiger partial charge in [0.1, 0.15) is 0 Å². The van der Waals surface area contributed by atoms with Crippen LogP contribution in [0, 0.1) is 19.8 Å². The molecule has 5 heteroatoms. The van der Waals surface area contributed by atoms with E-state index in [1.165, 1.54) is 11.3 Å². The van der Waals surface area contributed by atoms with Crippen LogP contribution in [-0.4, -0.2) is 40.4 Å². The molecule has 1 unspecified atom stereocenters. The largest absolute Gasteiger partial charge is 0.348 e. The highest BCUT2D eigenvalue weighted by Gasteiger charge is 2.40. The van der Waals surface area contributed by atoms with Crippen molar-refractivity contribution in [2.45, 2.75) is 45.6 Å². The minimum atomic E-state index is -0.133. The van der Waals surface area contributed by atoms with Gasteiger partial charge in [0.05, 0.1) is 5.92 Å². The molecule has 1 atom stereocenters. The van der Waals surface area contributed by atoms with Crippen LogP contribution in [0.4, 0.5) is 0 Å². The summed E-state index contributed by atoms with van der Waals surface area (Å²) in [6.07, 6.45) is 3.74. The molecule has 2 heterocycles. The maximum atomic E-state index is 13.2. The highest BCUT2D eigenvalue weighted by Crippen LogP contribution is 2.32. The Morgan fingerprint density at radius 3 is 2.62 bits per heavy atom. The normalized spacial score (nSPS) is 20.3. The minimum absolute atomic E-state index is 0.00533. The molecular formula is C21H27N3O2. The van der Waals surface area contributed by atoms with Gasteiger partial charge in [0.15, 0.2) is 0 Å². The molecule has 26 heavy (non-hydrogen) atoms. The lowest BCUT2D eigenvalue weighted by molar-refractivity contribution is -0.133. The van der Waals surface area contributed by atoms with Crippen molar-refractivity contribution in [1.82, 2.24) is 14.8 Å². The van der Waals surface area contributed by atoms with Crippen LogP contribution < -0.4 is 5.32 Å². The molecule has 2 amide bonds. The van der Waals surface area contributed by atoms with Gasteiger partial charge in [-0.05, 0) is 69.8 Å². The summed E-state index contributed by atoms with van der Waals surface area (Å²) in [6.45, 7) is 5.83. The summed E-state index contributed by atoms with van der Waals surface area (Å²) in [6, 6.07) is 5.92. The van der Waals surface area contributed by atoms with Crippen molar-refractivity contribution in [2.24, 2.45) is 13.0 Å². The van der Waals surface area contributed by atoms with E-state index in [-0.39, 0.29) is 23.8 Å². The molecule has 5 nitrogen and oxygen atoms in total. The average molecular weight is 353 g/mol. The Labute approximate surface area is 154 Å². The van der Waals surface area contributed by atoms with Crippen LogP contribution in [0.5, 0.6) is 0 Å². The summed E-state index contributed by atoms with van der Waals surface area (Å²) in [4.78, 5) is 27.8. The number of hydrogen-bond donors (Lipinski definition) is 1. The molecule has 1 aromatic carbocycles. The first-order valence-electron chi connectivity index (χ1n) is 9.62. The van der Waals surface area contributed by atoms with E-state index in [1.54, 1.807) is 4.90 Å². The third-order valence-electron chi connectivity index (χ3n) is 6.07. The predicted molar refractivity (Wildman–Crippen MR) is 102 cm³/mol. The monoisotopic (exact) mass is 353 g/mol. The molecule has 4 rings (SSSR count). The van der Waals surface area contributed by atoms with Gasteiger partial charge in [0, 0.05) is 41.8 Å². The Balaban J connectivity index is 1.67. The molecule has 1 aliphatic carbocycles. The number of nitrogens with one attached hydrogen (secondary N) is 1. The standard InChI is InChI=1S/C21H27N3O2/c1-13-14(2)23(3)19-9-6-15(11-18(13)19)20(25)24(17-7-8-17)21(26)16-5-4-10-22-12-16/h6,9,11,16-17,22H,4-5,7-8,10,12H2,1-3H3. The molecule has 2 aliphatic rings. The number of carbonyl (C=O) groups is 2. The van der Waals surface area contributed by atoms with Crippen LogP contribution >= 0.6 is 0 Å². The van der Waals surface area contributed by atoms with Gasteiger partial charge in [-0.25, -0.2) is 0 Å². The Kier molecular flexibility index (Phi) is 4.35. The highest BCUT2D eigenvalue weighted by molar-refractivity contribution is 6.07. The van der Waals surface area contributed by atoms with Crippen molar-refractivity contribution in [3.8, 4) is 0 Å². The number of hydrogen-bond acceptors (Lipinski definition) is 3. The molecule has 0 spiro atoms. The summed E-state index contributed by atoms with van der Waals surface area (Å²) >= 11 is 0. The molecule has 2 aromatic rings. The number of piperidine rings is 1. The molecule has 1 aliphatic heterocycles. The third-order valence-corrected chi connectivity index (χ3v) is 6.07. The van der Waals surface area contributed by atoms with E-state index in [2.05, 4.69) is 23.7 Å². The first kappa shape index (κ1) is 17.3. The SMILES string of the molecule is Cc1c(C)n(C)c2ccc(C(=O)N(C(=O)C3CCCNC3)C3CC3)cc12. The second-order valence-electron chi connectivity index (χ2n) is 7.79. The molecule has 138 valence electrons. The summed E-state index contributed by atoms with van der Waals surface area (Å²) in [5.74, 6) is -0.200. The lowest BCUT2D eigenvalue weighted by Crippen LogP contribution is -2.46. The Morgan fingerprint density at radius 2 is 1.96 bits per heavy atom. The maximum absolute atomic E-state index is 13.2. The zero-order valence-corrected chi connectivity index (χ0v) is 15.8. The molecular weight excluding hydrogens is 326 g/mol. The molecule has 0 bridgehead atoms. The quantitative estimate of drug-likeness (QED) is 0.863. The van der Waals surface area contributed by atoms with Gasteiger partial charge in [0.25, 0.3) is 5.91 Å². The number of aromatic nitrogens is 1. The third kappa shape index (κ3) is 2.84. The molecule has 0 radical (unpaired) electrons. The van der Waals surface area contributed by atoms with Crippen LogP contribution in [0.2, 0.25) is 0 Å². The number of carbonyl (C=O) groups excluding carboxylic acids is 2. The van der Waals surface area contributed by atoms with Crippen molar-refractivity contribution in [3.63, 3.8) is 0 Å². The predicted octanol–water partition coefficient (Wildman–Crippen LogP) is 2.93. The van der Waals surface area contributed by atoms with Crippen molar-refractivity contribution >= 4 is 22.7 Å². The summed E-state index contributed by atoms with van der Waals surface area (Å²) in [7, 11) is 2.04. The van der Waals surface area contributed by atoms with Crippen molar-refractivity contribution in [1.29, 1.82) is 0 Å². The second kappa shape index (κ2) is 6.54. The fourth-order valence-electron chi connectivity index (χ4n) is 4.07. The van der Waals surface area contributed by atoms with Gasteiger partial charge >= 0.3 is 0 Å². The Morgan fingerprint density at radius 1 is 1.19 bits per heavy atom. The van der Waals surface area contributed by atoms with Gasteiger partial charge < -0.3 is 9.88 Å². The van der Waals surface area contributed by atoms with E-state index >= 15 is 0 Å². The van der Waals surface area contributed by atoms with Gasteiger partial charge in [-0.1, -0.05) is 0 Å². The molecule has 1 N–H and O–H groups in total. The van der Waals surface area contributed by atoms with Crippen LogP contribution in [0.15, 0.2) is 18.2 Å². The second-order valence-corrected chi connectivity index (χ2v) is 7.79. The number of aryl methyl sites for hydroxylation is 2. The molecule has 1 aromatic heterocycles.